The monoisotopic (exact) mass is 471 g/mol. The maximum Gasteiger partial charge on any atom is 0.306 e. The Hall–Kier alpha value is -2.97. The average molecular weight is 472 g/mol. The summed E-state index contributed by atoms with van der Waals surface area (Å²) in [5.74, 6) is 0.0823. The van der Waals surface area contributed by atoms with Crippen LogP contribution in [-0.2, 0) is 26.2 Å². The SMILES string of the molecule is O=C(CCCCCN=C1NS(=O)(=O)c2ccccc21)OCc1cc2ccccc2nc1Cl. The smallest absolute Gasteiger partial charge is 0.306 e. The van der Waals surface area contributed by atoms with Crippen molar-refractivity contribution in [2.45, 2.75) is 37.2 Å². The molecule has 0 saturated carbocycles. The molecular weight excluding hydrogens is 450 g/mol. The van der Waals surface area contributed by atoms with Crippen LogP contribution in [0.5, 0.6) is 0 Å². The maximum atomic E-state index is 12.1. The van der Waals surface area contributed by atoms with Crippen LogP contribution in [0, 0.1) is 0 Å². The molecule has 1 aliphatic heterocycles. The molecule has 0 spiro atoms. The fourth-order valence-corrected chi connectivity index (χ4v) is 4.92. The number of esters is 1. The van der Waals surface area contributed by atoms with Crippen molar-refractivity contribution in [3.05, 3.63) is 70.9 Å². The van der Waals surface area contributed by atoms with E-state index in [1.807, 2.05) is 30.3 Å². The van der Waals surface area contributed by atoms with E-state index in [2.05, 4.69) is 14.7 Å². The molecule has 0 radical (unpaired) electrons. The second-order valence-corrected chi connectivity index (χ2v) is 9.44. The highest BCUT2D eigenvalue weighted by molar-refractivity contribution is 7.90. The van der Waals surface area contributed by atoms with Crippen LogP contribution in [-0.4, -0.2) is 31.8 Å². The summed E-state index contributed by atoms with van der Waals surface area (Å²) in [5, 5.41) is 1.27. The number of hydrogen-bond acceptors (Lipinski definition) is 6. The molecule has 0 aliphatic carbocycles. The third kappa shape index (κ3) is 5.08. The summed E-state index contributed by atoms with van der Waals surface area (Å²) in [6.07, 6.45) is 2.47. The molecule has 0 unspecified atom stereocenters. The standard InChI is InChI=1S/C23H22ClN3O4S/c24-22-17(14-16-8-3-5-10-19(16)26-22)15-31-21(28)12-2-1-7-13-25-23-18-9-4-6-11-20(18)32(29,30)27-23/h3-6,8-11,14H,1-2,7,12-13,15H2,(H,25,27). The summed E-state index contributed by atoms with van der Waals surface area (Å²) in [5.41, 5.74) is 2.07. The van der Waals surface area contributed by atoms with E-state index in [1.165, 1.54) is 0 Å². The topological polar surface area (TPSA) is 97.7 Å². The predicted molar refractivity (Wildman–Crippen MR) is 123 cm³/mol. The molecule has 3 aromatic rings. The van der Waals surface area contributed by atoms with Gasteiger partial charge in [-0.3, -0.25) is 14.5 Å². The molecule has 0 fully saturated rings. The minimum Gasteiger partial charge on any atom is -0.461 e. The number of benzene rings is 2. The van der Waals surface area contributed by atoms with Crippen LogP contribution < -0.4 is 4.72 Å². The van der Waals surface area contributed by atoms with Crippen LogP contribution in [0.4, 0.5) is 0 Å². The van der Waals surface area contributed by atoms with Crippen molar-refractivity contribution in [2.75, 3.05) is 6.54 Å². The van der Waals surface area contributed by atoms with E-state index < -0.39 is 10.0 Å². The highest BCUT2D eigenvalue weighted by Gasteiger charge is 2.29. The predicted octanol–water partition coefficient (Wildman–Crippen LogP) is 4.23. The number of fused-ring (bicyclic) bond motifs is 2. The number of unbranched alkanes of at least 4 members (excludes halogenated alkanes) is 2. The molecular formula is C23H22ClN3O4S. The number of aromatic nitrogens is 1. The maximum absolute atomic E-state index is 12.1. The summed E-state index contributed by atoms with van der Waals surface area (Å²) < 4.78 is 32.0. The van der Waals surface area contributed by atoms with Crippen molar-refractivity contribution >= 4 is 44.3 Å². The van der Waals surface area contributed by atoms with Gasteiger partial charge >= 0.3 is 5.97 Å². The van der Waals surface area contributed by atoms with Gasteiger partial charge in [-0.15, -0.1) is 0 Å². The largest absolute Gasteiger partial charge is 0.461 e. The Kier molecular flexibility index (Phi) is 6.72. The Morgan fingerprint density at radius 2 is 1.84 bits per heavy atom. The Morgan fingerprint density at radius 1 is 1.06 bits per heavy atom. The van der Waals surface area contributed by atoms with Crippen LogP contribution in [0.1, 0.15) is 36.8 Å². The van der Waals surface area contributed by atoms with Gasteiger partial charge in [-0.05, 0) is 37.1 Å². The molecule has 0 saturated heterocycles. The van der Waals surface area contributed by atoms with Crippen LogP contribution in [0.2, 0.25) is 5.15 Å². The Morgan fingerprint density at radius 3 is 2.72 bits per heavy atom. The average Bonchev–Trinajstić information content (AvgIpc) is 3.05. The van der Waals surface area contributed by atoms with E-state index in [1.54, 1.807) is 24.3 Å². The lowest BCUT2D eigenvalue weighted by Crippen LogP contribution is -2.22. The van der Waals surface area contributed by atoms with E-state index in [0.29, 0.717) is 41.5 Å². The number of para-hydroxylation sites is 1. The molecule has 0 atom stereocenters. The van der Waals surface area contributed by atoms with Gasteiger partial charge in [0.1, 0.15) is 17.6 Å². The van der Waals surface area contributed by atoms with Gasteiger partial charge in [0.25, 0.3) is 10.0 Å². The molecule has 4 rings (SSSR count). The molecule has 32 heavy (non-hydrogen) atoms. The van der Waals surface area contributed by atoms with Crippen LogP contribution in [0.3, 0.4) is 0 Å². The van der Waals surface area contributed by atoms with Crippen molar-refractivity contribution < 1.29 is 17.9 Å². The number of halogens is 1. The molecule has 1 aromatic heterocycles. The van der Waals surface area contributed by atoms with Gasteiger partial charge in [0.15, 0.2) is 0 Å². The number of rotatable bonds is 8. The molecule has 2 aromatic carbocycles. The third-order valence-corrected chi connectivity index (χ3v) is 6.83. The lowest BCUT2D eigenvalue weighted by Gasteiger charge is -2.08. The molecule has 1 aliphatic rings. The lowest BCUT2D eigenvalue weighted by atomic mass is 10.1. The minimum atomic E-state index is -3.51. The summed E-state index contributed by atoms with van der Waals surface area (Å²) >= 11 is 6.19. The number of aliphatic imine (C=N–C) groups is 1. The van der Waals surface area contributed by atoms with Gasteiger partial charge in [-0.2, -0.15) is 0 Å². The van der Waals surface area contributed by atoms with Gasteiger partial charge < -0.3 is 4.74 Å². The number of amidine groups is 1. The summed E-state index contributed by atoms with van der Waals surface area (Å²) in [6.45, 7) is 0.558. The molecule has 7 nitrogen and oxygen atoms in total. The van der Waals surface area contributed by atoms with Gasteiger partial charge in [-0.1, -0.05) is 48.4 Å². The number of sulfonamides is 1. The van der Waals surface area contributed by atoms with Gasteiger partial charge in [0.05, 0.1) is 10.4 Å². The minimum absolute atomic E-state index is 0.0860. The third-order valence-electron chi connectivity index (χ3n) is 5.11. The highest BCUT2D eigenvalue weighted by Crippen LogP contribution is 2.23. The van der Waals surface area contributed by atoms with Crippen LogP contribution in [0.15, 0.2) is 64.5 Å². The van der Waals surface area contributed by atoms with Gasteiger partial charge in [-0.25, -0.2) is 13.4 Å². The lowest BCUT2D eigenvalue weighted by molar-refractivity contribution is -0.145. The first kappa shape index (κ1) is 22.2. The Bertz CT molecular complexity index is 1290. The molecule has 1 N–H and O–H groups in total. The fraction of sp³-hybridized carbons (Fsp3) is 0.261. The number of nitrogens with one attached hydrogen (secondary N) is 1. The summed E-state index contributed by atoms with van der Waals surface area (Å²) in [7, 11) is -3.51. The number of hydrogen-bond donors (Lipinski definition) is 1. The van der Waals surface area contributed by atoms with E-state index in [4.69, 9.17) is 16.3 Å². The number of carbonyl (C=O) groups excluding carboxylic acids is 1. The zero-order chi connectivity index (χ0) is 22.6. The van der Waals surface area contributed by atoms with E-state index in [-0.39, 0.29) is 17.5 Å². The molecule has 9 heteroatoms. The number of ether oxygens (including phenoxy) is 1. The van der Waals surface area contributed by atoms with E-state index in [9.17, 15) is 13.2 Å². The van der Waals surface area contributed by atoms with Crippen molar-refractivity contribution in [3.8, 4) is 0 Å². The highest BCUT2D eigenvalue weighted by atomic mass is 35.5. The second kappa shape index (κ2) is 9.67. The summed E-state index contributed by atoms with van der Waals surface area (Å²) in [6, 6.07) is 16.3. The van der Waals surface area contributed by atoms with Crippen molar-refractivity contribution in [1.29, 1.82) is 0 Å². The number of nitrogens with zero attached hydrogens (tertiary/aromatic N) is 2. The summed E-state index contributed by atoms with van der Waals surface area (Å²) in [4.78, 5) is 21.0. The molecule has 0 amide bonds. The number of pyridine rings is 1. The zero-order valence-electron chi connectivity index (χ0n) is 17.3. The Labute approximate surface area is 191 Å². The van der Waals surface area contributed by atoms with Crippen LogP contribution in [0.25, 0.3) is 10.9 Å². The van der Waals surface area contributed by atoms with Crippen molar-refractivity contribution in [2.24, 2.45) is 4.99 Å². The van der Waals surface area contributed by atoms with Crippen molar-refractivity contribution in [3.63, 3.8) is 0 Å². The molecule has 166 valence electrons. The first-order valence-corrected chi connectivity index (χ1v) is 12.2. The molecule has 2 heterocycles. The quantitative estimate of drug-likeness (QED) is 0.301. The van der Waals surface area contributed by atoms with E-state index >= 15 is 0 Å². The van der Waals surface area contributed by atoms with Gasteiger partial charge in [0, 0.05) is 29.5 Å². The normalized spacial score (nSPS) is 15.5. The van der Waals surface area contributed by atoms with Crippen molar-refractivity contribution in [1.82, 2.24) is 9.71 Å². The first-order chi connectivity index (χ1) is 15.4. The van der Waals surface area contributed by atoms with Gasteiger partial charge in [0.2, 0.25) is 0 Å². The second-order valence-electron chi connectivity index (χ2n) is 7.43. The Balaban J connectivity index is 1.20. The zero-order valence-corrected chi connectivity index (χ0v) is 18.8. The fourth-order valence-electron chi connectivity index (χ4n) is 3.47. The molecule has 0 bridgehead atoms. The number of carbonyl (C=O) groups is 1. The van der Waals surface area contributed by atoms with E-state index in [0.717, 1.165) is 23.7 Å². The first-order valence-electron chi connectivity index (χ1n) is 10.3. The van der Waals surface area contributed by atoms with Crippen LogP contribution >= 0.6 is 11.6 Å².